The molecular formula is C18H17N3O4. The zero-order chi connectivity index (χ0) is 18.0. The van der Waals surface area contributed by atoms with Crippen LogP contribution >= 0.6 is 0 Å². The largest absolute Gasteiger partial charge is 0.417 e. The summed E-state index contributed by atoms with van der Waals surface area (Å²) < 4.78 is 4.91. The van der Waals surface area contributed by atoms with Crippen molar-refractivity contribution in [1.29, 1.82) is 0 Å². The van der Waals surface area contributed by atoms with E-state index in [0.717, 1.165) is 5.56 Å². The number of rotatable bonds is 4. The highest BCUT2D eigenvalue weighted by Crippen LogP contribution is 2.16. The second kappa shape index (κ2) is 6.64. The zero-order valence-corrected chi connectivity index (χ0v) is 13.8. The number of aromatic nitrogens is 1. The lowest BCUT2D eigenvalue weighted by Crippen LogP contribution is -2.41. The Balaban J connectivity index is 1.67. The Morgan fingerprint density at radius 2 is 1.96 bits per heavy atom. The molecule has 3 rings (SSSR count). The Hall–Kier alpha value is -3.35. The Morgan fingerprint density at radius 3 is 2.72 bits per heavy atom. The summed E-state index contributed by atoms with van der Waals surface area (Å²) >= 11 is 0. The van der Waals surface area contributed by atoms with Crippen molar-refractivity contribution < 1.29 is 14.0 Å². The van der Waals surface area contributed by atoms with E-state index in [1.165, 1.54) is 0 Å². The quantitative estimate of drug-likeness (QED) is 0.677. The van der Waals surface area contributed by atoms with Crippen LogP contribution in [0.15, 0.2) is 51.7 Å². The smallest absolute Gasteiger partial charge is 0.408 e. The number of hydrogen-bond acceptors (Lipinski definition) is 4. The highest BCUT2D eigenvalue weighted by atomic mass is 16.4. The van der Waals surface area contributed by atoms with Gasteiger partial charge in [0.25, 0.3) is 5.91 Å². The van der Waals surface area contributed by atoms with Crippen molar-refractivity contribution in [2.45, 2.75) is 19.9 Å². The van der Waals surface area contributed by atoms with Gasteiger partial charge in [-0.3, -0.25) is 14.6 Å². The maximum Gasteiger partial charge on any atom is 0.417 e. The molecule has 0 saturated heterocycles. The SMILES string of the molecule is Cc1cccc(C(=O)NC(C)C(=O)Nc2ccc3oc(=O)[nH]c3c2)c1. The molecule has 0 radical (unpaired) electrons. The number of carbonyl (C=O) groups excluding carboxylic acids is 2. The van der Waals surface area contributed by atoms with E-state index in [9.17, 15) is 14.4 Å². The average Bonchev–Trinajstić information content (AvgIpc) is 2.94. The van der Waals surface area contributed by atoms with Crippen LogP contribution in [0.5, 0.6) is 0 Å². The third-order valence-electron chi connectivity index (χ3n) is 3.71. The van der Waals surface area contributed by atoms with Crippen LogP contribution in [0.4, 0.5) is 5.69 Å². The van der Waals surface area contributed by atoms with E-state index in [-0.39, 0.29) is 11.8 Å². The van der Waals surface area contributed by atoms with Gasteiger partial charge in [0.2, 0.25) is 5.91 Å². The Bertz CT molecular complexity index is 1000. The maximum absolute atomic E-state index is 12.3. The molecule has 7 heteroatoms. The number of benzene rings is 2. The predicted octanol–water partition coefficient (Wildman–Crippen LogP) is 2.19. The summed E-state index contributed by atoms with van der Waals surface area (Å²) in [6.07, 6.45) is 0. The van der Waals surface area contributed by atoms with Crippen LogP contribution in [0.2, 0.25) is 0 Å². The number of H-pyrrole nitrogens is 1. The fourth-order valence-corrected chi connectivity index (χ4v) is 2.41. The Morgan fingerprint density at radius 1 is 1.16 bits per heavy atom. The topological polar surface area (TPSA) is 104 Å². The van der Waals surface area contributed by atoms with Crippen molar-refractivity contribution in [2.75, 3.05) is 5.32 Å². The number of carbonyl (C=O) groups is 2. The number of amides is 2. The first-order valence-electron chi connectivity index (χ1n) is 7.73. The summed E-state index contributed by atoms with van der Waals surface area (Å²) in [4.78, 5) is 38.1. The lowest BCUT2D eigenvalue weighted by molar-refractivity contribution is -0.117. The number of nitrogens with one attached hydrogen (secondary N) is 3. The van der Waals surface area contributed by atoms with E-state index in [0.29, 0.717) is 22.4 Å². The van der Waals surface area contributed by atoms with Crippen molar-refractivity contribution in [3.05, 3.63) is 64.1 Å². The summed E-state index contributed by atoms with van der Waals surface area (Å²) in [7, 11) is 0. The molecule has 0 bridgehead atoms. The van der Waals surface area contributed by atoms with Crippen molar-refractivity contribution in [3.63, 3.8) is 0 Å². The molecule has 1 aromatic heterocycles. The maximum atomic E-state index is 12.3. The molecule has 7 nitrogen and oxygen atoms in total. The van der Waals surface area contributed by atoms with Crippen LogP contribution in [0.1, 0.15) is 22.8 Å². The van der Waals surface area contributed by atoms with Gasteiger partial charge in [0.15, 0.2) is 5.58 Å². The first-order chi connectivity index (χ1) is 11.9. The van der Waals surface area contributed by atoms with Gasteiger partial charge in [-0.05, 0) is 44.2 Å². The highest BCUT2D eigenvalue weighted by molar-refractivity contribution is 6.01. The Kier molecular flexibility index (Phi) is 4.38. The minimum atomic E-state index is -0.730. The van der Waals surface area contributed by atoms with Gasteiger partial charge in [0.05, 0.1) is 5.52 Å². The molecule has 0 aliphatic heterocycles. The van der Waals surface area contributed by atoms with Crippen molar-refractivity contribution in [2.24, 2.45) is 0 Å². The molecule has 0 saturated carbocycles. The molecule has 0 spiro atoms. The zero-order valence-electron chi connectivity index (χ0n) is 13.8. The fraction of sp³-hybridized carbons (Fsp3) is 0.167. The third-order valence-corrected chi connectivity index (χ3v) is 3.71. The van der Waals surface area contributed by atoms with Gasteiger partial charge in [-0.2, -0.15) is 0 Å². The second-order valence-corrected chi connectivity index (χ2v) is 5.78. The predicted molar refractivity (Wildman–Crippen MR) is 93.6 cm³/mol. The van der Waals surface area contributed by atoms with Crippen LogP contribution in [-0.4, -0.2) is 22.8 Å². The minimum Gasteiger partial charge on any atom is -0.408 e. The van der Waals surface area contributed by atoms with Crippen molar-refractivity contribution >= 4 is 28.6 Å². The molecule has 0 aliphatic rings. The first-order valence-corrected chi connectivity index (χ1v) is 7.73. The molecular weight excluding hydrogens is 322 g/mol. The van der Waals surface area contributed by atoms with Crippen LogP contribution in [0.3, 0.4) is 0 Å². The number of aryl methyl sites for hydroxylation is 1. The summed E-state index contributed by atoms with van der Waals surface area (Å²) in [6.45, 7) is 3.49. The fourth-order valence-electron chi connectivity index (χ4n) is 2.41. The molecule has 1 unspecified atom stereocenters. The van der Waals surface area contributed by atoms with E-state index in [1.54, 1.807) is 43.3 Å². The number of aromatic amines is 1. The molecule has 2 amide bonds. The molecule has 1 atom stereocenters. The van der Waals surface area contributed by atoms with Gasteiger partial charge >= 0.3 is 5.76 Å². The second-order valence-electron chi connectivity index (χ2n) is 5.78. The van der Waals surface area contributed by atoms with Gasteiger partial charge < -0.3 is 15.1 Å². The monoisotopic (exact) mass is 339 g/mol. The molecule has 3 N–H and O–H groups in total. The summed E-state index contributed by atoms with van der Waals surface area (Å²) in [5.74, 6) is -1.25. The normalized spacial score (nSPS) is 11.9. The van der Waals surface area contributed by atoms with E-state index < -0.39 is 11.8 Å². The van der Waals surface area contributed by atoms with Crippen LogP contribution in [-0.2, 0) is 4.79 Å². The molecule has 25 heavy (non-hydrogen) atoms. The van der Waals surface area contributed by atoms with Gasteiger partial charge in [-0.1, -0.05) is 17.7 Å². The van der Waals surface area contributed by atoms with Gasteiger partial charge in [-0.25, -0.2) is 4.79 Å². The van der Waals surface area contributed by atoms with Gasteiger partial charge in [0.1, 0.15) is 6.04 Å². The van der Waals surface area contributed by atoms with Crippen molar-refractivity contribution in [1.82, 2.24) is 10.3 Å². The highest BCUT2D eigenvalue weighted by Gasteiger charge is 2.17. The summed E-state index contributed by atoms with van der Waals surface area (Å²) in [6, 6.07) is 11.2. The van der Waals surface area contributed by atoms with Crippen LogP contribution < -0.4 is 16.4 Å². The molecule has 128 valence electrons. The lowest BCUT2D eigenvalue weighted by atomic mass is 10.1. The van der Waals surface area contributed by atoms with Crippen molar-refractivity contribution in [3.8, 4) is 0 Å². The molecule has 1 heterocycles. The number of anilines is 1. The van der Waals surface area contributed by atoms with Gasteiger partial charge in [-0.15, -0.1) is 0 Å². The van der Waals surface area contributed by atoms with Crippen LogP contribution in [0.25, 0.3) is 11.1 Å². The molecule has 3 aromatic rings. The van der Waals surface area contributed by atoms with E-state index >= 15 is 0 Å². The standard InChI is InChI=1S/C18H17N3O4/c1-10-4-3-5-12(8-10)17(23)19-11(2)16(22)20-13-6-7-15-14(9-13)21-18(24)25-15/h3-9,11H,1-2H3,(H,19,23)(H,20,22)(H,21,24). The van der Waals surface area contributed by atoms with E-state index in [4.69, 9.17) is 4.42 Å². The minimum absolute atomic E-state index is 0.319. The molecule has 0 aliphatic carbocycles. The van der Waals surface area contributed by atoms with Crippen LogP contribution in [0, 0.1) is 6.92 Å². The third kappa shape index (κ3) is 3.77. The van der Waals surface area contributed by atoms with E-state index in [1.807, 2.05) is 13.0 Å². The number of fused-ring (bicyclic) bond motifs is 1. The molecule has 2 aromatic carbocycles. The number of oxazole rings is 1. The lowest BCUT2D eigenvalue weighted by Gasteiger charge is -2.14. The first kappa shape index (κ1) is 16.5. The summed E-state index contributed by atoms with van der Waals surface area (Å²) in [5, 5.41) is 5.35. The summed E-state index contributed by atoms with van der Waals surface area (Å²) in [5.41, 5.74) is 2.85. The van der Waals surface area contributed by atoms with E-state index in [2.05, 4.69) is 15.6 Å². The average molecular weight is 339 g/mol. The molecule has 0 fully saturated rings. The van der Waals surface area contributed by atoms with Gasteiger partial charge in [0, 0.05) is 11.3 Å². The Labute approximate surface area is 143 Å². The number of hydrogen-bond donors (Lipinski definition) is 3.